The maximum Gasteiger partial charge on any atom is 0.0237 e. The van der Waals surface area contributed by atoms with Crippen molar-refractivity contribution in [1.82, 2.24) is 10.2 Å². The van der Waals surface area contributed by atoms with Crippen molar-refractivity contribution in [2.24, 2.45) is 0 Å². The lowest BCUT2D eigenvalue weighted by molar-refractivity contribution is 0.256. The van der Waals surface area contributed by atoms with Crippen molar-refractivity contribution in [3.8, 4) is 0 Å². The maximum atomic E-state index is 3.56. The highest BCUT2D eigenvalue weighted by Gasteiger charge is 2.07. The predicted octanol–water partition coefficient (Wildman–Crippen LogP) is 5.32. The fourth-order valence-electron chi connectivity index (χ4n) is 2.96. The summed E-state index contributed by atoms with van der Waals surface area (Å²) in [7, 11) is 0. The summed E-state index contributed by atoms with van der Waals surface area (Å²) in [5.41, 5.74) is 4.06. The highest BCUT2D eigenvalue weighted by Crippen LogP contribution is 2.09. The van der Waals surface area contributed by atoms with Crippen LogP contribution in [-0.4, -0.2) is 18.0 Å². The first-order valence-corrected chi connectivity index (χ1v) is 8.95. The van der Waals surface area contributed by atoms with Crippen molar-refractivity contribution >= 4 is 24.8 Å². The molecule has 1 N–H and O–H groups in total. The molecule has 0 fully saturated rings. The molecule has 0 radical (unpaired) electrons. The second-order valence-electron chi connectivity index (χ2n) is 6.34. The monoisotopic (exact) mass is 402 g/mol. The van der Waals surface area contributed by atoms with E-state index in [2.05, 4.69) is 101 Å². The van der Waals surface area contributed by atoms with Crippen molar-refractivity contribution in [2.75, 3.05) is 13.1 Å². The smallest absolute Gasteiger partial charge is 0.0237 e. The lowest BCUT2D eigenvalue weighted by atomic mass is 10.1. The molecule has 4 heteroatoms. The van der Waals surface area contributed by atoms with E-state index in [0.717, 1.165) is 32.7 Å². The van der Waals surface area contributed by atoms with E-state index in [4.69, 9.17) is 0 Å². The molecule has 0 amide bonds. The Morgan fingerprint density at radius 1 is 0.556 bits per heavy atom. The van der Waals surface area contributed by atoms with Gasteiger partial charge in [-0.25, -0.2) is 0 Å². The van der Waals surface area contributed by atoms with E-state index in [1.807, 2.05) is 0 Å². The predicted molar refractivity (Wildman–Crippen MR) is 120 cm³/mol. The molecule has 0 saturated carbocycles. The topological polar surface area (TPSA) is 15.3 Å². The van der Waals surface area contributed by atoms with Crippen LogP contribution in [0.2, 0.25) is 0 Å². The summed E-state index contributed by atoms with van der Waals surface area (Å²) >= 11 is 0. The van der Waals surface area contributed by atoms with Crippen LogP contribution in [0.25, 0.3) is 0 Å². The van der Waals surface area contributed by atoms with Gasteiger partial charge >= 0.3 is 0 Å². The third-order valence-corrected chi connectivity index (χ3v) is 4.27. The Labute approximate surface area is 175 Å². The first-order valence-electron chi connectivity index (χ1n) is 8.95. The van der Waals surface area contributed by atoms with Crippen LogP contribution in [0.5, 0.6) is 0 Å². The van der Waals surface area contributed by atoms with Crippen LogP contribution in [0.15, 0.2) is 91.0 Å². The van der Waals surface area contributed by atoms with E-state index < -0.39 is 0 Å². The molecule has 0 saturated heterocycles. The number of nitrogens with zero attached hydrogens (tertiary/aromatic N) is 1. The van der Waals surface area contributed by atoms with E-state index in [1.54, 1.807) is 0 Å². The van der Waals surface area contributed by atoms with Crippen molar-refractivity contribution in [2.45, 2.75) is 19.6 Å². The van der Waals surface area contributed by atoms with E-state index >= 15 is 0 Å². The molecule has 144 valence electrons. The van der Waals surface area contributed by atoms with Crippen molar-refractivity contribution in [1.29, 1.82) is 0 Å². The van der Waals surface area contributed by atoms with E-state index in [9.17, 15) is 0 Å². The summed E-state index contributed by atoms with van der Waals surface area (Å²) in [5.74, 6) is 0. The minimum absolute atomic E-state index is 0. The number of rotatable bonds is 9. The summed E-state index contributed by atoms with van der Waals surface area (Å²) in [4.78, 5) is 2.50. The van der Waals surface area contributed by atoms with Gasteiger partial charge in [0.25, 0.3) is 0 Å². The van der Waals surface area contributed by atoms with Crippen molar-refractivity contribution < 1.29 is 0 Å². The molecule has 0 atom stereocenters. The highest BCUT2D eigenvalue weighted by atomic mass is 35.5. The number of hydrogen-bond acceptors (Lipinski definition) is 2. The van der Waals surface area contributed by atoms with Crippen LogP contribution in [-0.2, 0) is 19.6 Å². The molecular weight excluding hydrogens is 375 g/mol. The van der Waals surface area contributed by atoms with E-state index in [1.165, 1.54) is 16.7 Å². The molecule has 3 rings (SSSR count). The summed E-state index contributed by atoms with van der Waals surface area (Å²) in [5, 5.41) is 3.56. The van der Waals surface area contributed by atoms with Crippen LogP contribution in [0.1, 0.15) is 16.7 Å². The van der Waals surface area contributed by atoms with Gasteiger partial charge in [0.2, 0.25) is 0 Å². The van der Waals surface area contributed by atoms with Crippen LogP contribution < -0.4 is 5.32 Å². The highest BCUT2D eigenvalue weighted by molar-refractivity contribution is 5.85. The SMILES string of the molecule is Cl.Cl.c1ccc(CNCCN(Cc2ccccc2)Cc2ccccc2)cc1. The average molecular weight is 403 g/mol. The zero-order chi connectivity index (χ0) is 17.2. The number of hydrogen-bond donors (Lipinski definition) is 1. The Kier molecular flexibility index (Phi) is 11.5. The zero-order valence-corrected chi connectivity index (χ0v) is 17.1. The third kappa shape index (κ3) is 8.59. The van der Waals surface area contributed by atoms with Gasteiger partial charge in [-0.05, 0) is 16.7 Å². The molecule has 0 unspecified atom stereocenters. The van der Waals surface area contributed by atoms with Gasteiger partial charge in [0.15, 0.2) is 0 Å². The first kappa shape index (κ1) is 23.2. The minimum atomic E-state index is 0. The fraction of sp³-hybridized carbons (Fsp3) is 0.217. The molecule has 0 aliphatic carbocycles. The zero-order valence-electron chi connectivity index (χ0n) is 15.5. The Morgan fingerprint density at radius 2 is 0.963 bits per heavy atom. The lowest BCUT2D eigenvalue weighted by Gasteiger charge is -2.23. The van der Waals surface area contributed by atoms with Crippen molar-refractivity contribution in [3.63, 3.8) is 0 Å². The molecule has 0 spiro atoms. The van der Waals surface area contributed by atoms with E-state index in [0.29, 0.717) is 0 Å². The molecule has 0 aliphatic heterocycles. The largest absolute Gasteiger partial charge is 0.311 e. The summed E-state index contributed by atoms with van der Waals surface area (Å²) in [6.07, 6.45) is 0. The van der Waals surface area contributed by atoms with E-state index in [-0.39, 0.29) is 24.8 Å². The minimum Gasteiger partial charge on any atom is -0.311 e. The first-order chi connectivity index (χ1) is 12.4. The molecule has 0 bridgehead atoms. The Hall–Kier alpha value is -1.84. The van der Waals surface area contributed by atoms with Gasteiger partial charge in [-0.3, -0.25) is 4.90 Å². The lowest BCUT2D eigenvalue weighted by Crippen LogP contribution is -2.31. The average Bonchev–Trinajstić information content (AvgIpc) is 2.67. The second-order valence-corrected chi connectivity index (χ2v) is 6.34. The molecule has 0 aliphatic rings. The maximum absolute atomic E-state index is 3.56. The quantitative estimate of drug-likeness (QED) is 0.487. The summed E-state index contributed by atoms with van der Waals surface area (Å²) in [6.45, 7) is 4.88. The van der Waals surface area contributed by atoms with Crippen LogP contribution in [0.3, 0.4) is 0 Å². The Morgan fingerprint density at radius 3 is 1.41 bits per heavy atom. The van der Waals surface area contributed by atoms with Gasteiger partial charge < -0.3 is 5.32 Å². The standard InChI is InChI=1S/C23H26N2.2ClH/c1-4-10-21(11-5-1)18-24-16-17-25(19-22-12-6-2-7-13-22)20-23-14-8-3-9-15-23;;/h1-15,24H,16-20H2;2*1H. The molecular formula is C23H28Cl2N2. The molecule has 3 aromatic rings. The molecule has 0 aromatic heterocycles. The van der Waals surface area contributed by atoms with Gasteiger partial charge in [0.05, 0.1) is 0 Å². The van der Waals surface area contributed by atoms with Crippen molar-refractivity contribution in [3.05, 3.63) is 108 Å². The number of nitrogens with one attached hydrogen (secondary N) is 1. The van der Waals surface area contributed by atoms with Gasteiger partial charge in [-0.1, -0.05) is 91.0 Å². The Balaban J connectivity index is 0.00000182. The fourth-order valence-corrected chi connectivity index (χ4v) is 2.96. The molecule has 2 nitrogen and oxygen atoms in total. The normalized spacial score (nSPS) is 10.1. The second kappa shape index (κ2) is 13.3. The third-order valence-electron chi connectivity index (χ3n) is 4.27. The van der Waals surface area contributed by atoms with Crippen LogP contribution >= 0.6 is 24.8 Å². The molecule has 27 heavy (non-hydrogen) atoms. The van der Waals surface area contributed by atoms with Gasteiger partial charge in [-0.2, -0.15) is 0 Å². The van der Waals surface area contributed by atoms with Crippen LogP contribution in [0.4, 0.5) is 0 Å². The summed E-state index contributed by atoms with van der Waals surface area (Å²) < 4.78 is 0. The van der Waals surface area contributed by atoms with Gasteiger partial charge in [0, 0.05) is 32.7 Å². The molecule has 0 heterocycles. The Bertz CT molecular complexity index is 680. The van der Waals surface area contributed by atoms with Gasteiger partial charge in [-0.15, -0.1) is 24.8 Å². The number of halogens is 2. The van der Waals surface area contributed by atoms with Crippen LogP contribution in [0, 0.1) is 0 Å². The summed E-state index contributed by atoms with van der Waals surface area (Å²) in [6, 6.07) is 32.0. The number of benzene rings is 3. The van der Waals surface area contributed by atoms with Gasteiger partial charge in [0.1, 0.15) is 0 Å². The molecule has 3 aromatic carbocycles.